The molecule has 5 nitrogen and oxygen atoms in total. The van der Waals surface area contributed by atoms with E-state index in [4.69, 9.17) is 11.6 Å². The predicted molar refractivity (Wildman–Crippen MR) is 106 cm³/mol. The van der Waals surface area contributed by atoms with Crippen LogP contribution in [0.25, 0.3) is 10.6 Å². The number of rotatable bonds is 6. The van der Waals surface area contributed by atoms with E-state index in [-0.39, 0.29) is 11.5 Å². The van der Waals surface area contributed by atoms with E-state index in [1.165, 1.54) is 10.7 Å². The molecule has 7 heteroatoms. The molecule has 0 bridgehead atoms. The number of benzene rings is 1. The number of thiophene rings is 1. The van der Waals surface area contributed by atoms with Crippen LogP contribution in [0.2, 0.25) is 5.02 Å². The van der Waals surface area contributed by atoms with Gasteiger partial charge in [0.05, 0.1) is 4.88 Å². The Labute approximate surface area is 160 Å². The summed E-state index contributed by atoms with van der Waals surface area (Å²) in [5, 5.41) is 9.78. The van der Waals surface area contributed by atoms with Gasteiger partial charge in [0, 0.05) is 29.7 Å². The van der Waals surface area contributed by atoms with Crippen LogP contribution in [-0.4, -0.2) is 15.7 Å². The molecule has 0 atom stereocenters. The average Bonchev–Trinajstić information content (AvgIpc) is 3.14. The highest BCUT2D eigenvalue weighted by molar-refractivity contribution is 7.13. The maximum absolute atomic E-state index is 12.1. The number of carbonyl (C=O) groups is 1. The minimum absolute atomic E-state index is 0.118. The second kappa shape index (κ2) is 8.29. The molecule has 26 heavy (non-hydrogen) atoms. The van der Waals surface area contributed by atoms with Crippen LogP contribution in [0.3, 0.4) is 0 Å². The smallest absolute Gasteiger partial charge is 0.266 e. The molecule has 0 unspecified atom stereocenters. The van der Waals surface area contributed by atoms with E-state index in [9.17, 15) is 9.59 Å². The molecule has 0 saturated heterocycles. The third kappa shape index (κ3) is 4.59. The number of halogens is 1. The fraction of sp³-hybridized carbons (Fsp3) is 0.211. The van der Waals surface area contributed by atoms with Crippen LogP contribution in [0.5, 0.6) is 0 Å². The first kappa shape index (κ1) is 18.4. The molecule has 2 aromatic heterocycles. The lowest BCUT2D eigenvalue weighted by Crippen LogP contribution is -2.23. The van der Waals surface area contributed by atoms with Gasteiger partial charge in [-0.05, 0) is 48.6 Å². The normalized spacial score (nSPS) is 10.7. The van der Waals surface area contributed by atoms with E-state index in [1.54, 1.807) is 23.5 Å². The first-order valence-electron chi connectivity index (χ1n) is 8.21. The maximum Gasteiger partial charge on any atom is 0.266 e. The molecule has 3 rings (SSSR count). The average molecular weight is 388 g/mol. The summed E-state index contributed by atoms with van der Waals surface area (Å²) in [5.41, 5.74) is 2.22. The number of hydrogen-bond acceptors (Lipinski definition) is 4. The number of nitrogens with one attached hydrogen (secondary N) is 1. The number of anilines is 1. The van der Waals surface area contributed by atoms with E-state index in [0.29, 0.717) is 30.1 Å². The Bertz CT molecular complexity index is 967. The highest BCUT2D eigenvalue weighted by atomic mass is 35.5. The second-order valence-corrected chi connectivity index (χ2v) is 7.23. The number of hydrogen-bond donors (Lipinski definition) is 1. The highest BCUT2D eigenvalue weighted by Crippen LogP contribution is 2.21. The van der Waals surface area contributed by atoms with Crippen LogP contribution in [0, 0.1) is 6.92 Å². The van der Waals surface area contributed by atoms with Gasteiger partial charge in [-0.1, -0.05) is 23.7 Å². The van der Waals surface area contributed by atoms with E-state index < -0.39 is 0 Å². The molecule has 134 valence electrons. The number of aryl methyl sites for hydroxylation is 2. The Morgan fingerprint density at radius 1 is 1.27 bits per heavy atom. The quantitative estimate of drug-likeness (QED) is 0.683. The molecule has 0 fully saturated rings. The van der Waals surface area contributed by atoms with Crippen molar-refractivity contribution in [3.63, 3.8) is 0 Å². The van der Waals surface area contributed by atoms with Gasteiger partial charge in [0.1, 0.15) is 5.69 Å². The first-order valence-corrected chi connectivity index (χ1v) is 9.47. The maximum atomic E-state index is 12.1. The Hall–Kier alpha value is -2.44. The molecule has 1 amide bonds. The summed E-state index contributed by atoms with van der Waals surface area (Å²) in [6.45, 7) is 2.29. The second-order valence-electron chi connectivity index (χ2n) is 5.87. The minimum atomic E-state index is -0.170. The van der Waals surface area contributed by atoms with Crippen molar-refractivity contribution in [3.8, 4) is 10.6 Å². The zero-order chi connectivity index (χ0) is 18.5. The lowest BCUT2D eigenvalue weighted by Gasteiger charge is -2.08. The third-order valence-corrected chi connectivity index (χ3v) is 5.17. The zero-order valence-electron chi connectivity index (χ0n) is 14.2. The molecular formula is C19H18ClN3O2S. The van der Waals surface area contributed by atoms with Gasteiger partial charge in [0.2, 0.25) is 5.91 Å². The summed E-state index contributed by atoms with van der Waals surface area (Å²) in [7, 11) is 0. The van der Waals surface area contributed by atoms with Crippen molar-refractivity contribution < 1.29 is 4.79 Å². The van der Waals surface area contributed by atoms with E-state index in [2.05, 4.69) is 10.4 Å². The summed E-state index contributed by atoms with van der Waals surface area (Å²) in [4.78, 5) is 25.1. The summed E-state index contributed by atoms with van der Waals surface area (Å²) in [5.74, 6) is -0.118. The van der Waals surface area contributed by atoms with Crippen LogP contribution < -0.4 is 10.9 Å². The molecule has 2 heterocycles. The Balaban J connectivity index is 1.57. The van der Waals surface area contributed by atoms with Crippen molar-refractivity contribution in [2.24, 2.45) is 0 Å². The lowest BCUT2D eigenvalue weighted by atomic mass is 10.2. The van der Waals surface area contributed by atoms with Crippen molar-refractivity contribution >= 4 is 34.5 Å². The van der Waals surface area contributed by atoms with Crippen LogP contribution >= 0.6 is 22.9 Å². The van der Waals surface area contributed by atoms with Gasteiger partial charge in [-0.25, -0.2) is 4.68 Å². The van der Waals surface area contributed by atoms with Gasteiger partial charge < -0.3 is 5.32 Å². The van der Waals surface area contributed by atoms with Gasteiger partial charge in [0.25, 0.3) is 5.56 Å². The SMILES string of the molecule is Cc1ccc(NC(=O)CCCn2nc(-c3cccs3)ccc2=O)cc1Cl. The predicted octanol–water partition coefficient (Wildman–Crippen LogP) is 4.35. The van der Waals surface area contributed by atoms with E-state index >= 15 is 0 Å². The van der Waals surface area contributed by atoms with Crippen molar-refractivity contribution in [1.29, 1.82) is 0 Å². The summed E-state index contributed by atoms with van der Waals surface area (Å²) in [6.07, 6.45) is 0.815. The fourth-order valence-electron chi connectivity index (χ4n) is 2.45. The first-order chi connectivity index (χ1) is 12.5. The summed E-state index contributed by atoms with van der Waals surface area (Å²) >= 11 is 7.63. The van der Waals surface area contributed by atoms with Crippen molar-refractivity contribution in [2.75, 3.05) is 5.32 Å². The standard InChI is InChI=1S/C19H18ClN3O2S/c1-13-6-7-14(12-15(13)20)21-18(24)5-2-10-23-19(25)9-8-16(22-23)17-4-3-11-26-17/h3-4,6-9,11-12H,2,5,10H2,1H3,(H,21,24). The molecule has 0 spiro atoms. The van der Waals surface area contributed by atoms with Gasteiger partial charge in [0.15, 0.2) is 0 Å². The summed E-state index contributed by atoms with van der Waals surface area (Å²) in [6, 6.07) is 12.5. The number of aromatic nitrogens is 2. The fourth-order valence-corrected chi connectivity index (χ4v) is 3.32. The van der Waals surface area contributed by atoms with Crippen LogP contribution in [0.4, 0.5) is 5.69 Å². The molecule has 1 aromatic carbocycles. The molecule has 0 aliphatic carbocycles. The van der Waals surface area contributed by atoms with Gasteiger partial charge in [-0.3, -0.25) is 9.59 Å². The Morgan fingerprint density at radius 2 is 2.12 bits per heavy atom. The molecule has 0 aliphatic rings. The van der Waals surface area contributed by atoms with Crippen LogP contribution in [-0.2, 0) is 11.3 Å². The topological polar surface area (TPSA) is 64.0 Å². The van der Waals surface area contributed by atoms with Crippen molar-refractivity contribution in [3.05, 3.63) is 68.8 Å². The van der Waals surface area contributed by atoms with Crippen molar-refractivity contribution in [1.82, 2.24) is 9.78 Å². The van der Waals surface area contributed by atoms with Crippen LogP contribution in [0.1, 0.15) is 18.4 Å². The number of carbonyl (C=O) groups excluding carboxylic acids is 1. The molecule has 3 aromatic rings. The molecular weight excluding hydrogens is 370 g/mol. The van der Waals surface area contributed by atoms with Gasteiger partial charge >= 0.3 is 0 Å². The monoisotopic (exact) mass is 387 g/mol. The summed E-state index contributed by atoms with van der Waals surface area (Å²) < 4.78 is 1.41. The molecule has 0 saturated carbocycles. The molecule has 1 N–H and O–H groups in total. The van der Waals surface area contributed by atoms with Gasteiger partial charge in [-0.2, -0.15) is 5.10 Å². The lowest BCUT2D eigenvalue weighted by molar-refractivity contribution is -0.116. The van der Waals surface area contributed by atoms with Crippen molar-refractivity contribution in [2.45, 2.75) is 26.3 Å². The van der Waals surface area contributed by atoms with E-state index in [0.717, 1.165) is 16.1 Å². The van der Waals surface area contributed by atoms with Crippen LogP contribution in [0.15, 0.2) is 52.6 Å². The highest BCUT2D eigenvalue weighted by Gasteiger charge is 2.07. The third-order valence-electron chi connectivity index (χ3n) is 3.87. The minimum Gasteiger partial charge on any atom is -0.326 e. The zero-order valence-corrected chi connectivity index (χ0v) is 15.8. The van der Waals surface area contributed by atoms with Gasteiger partial charge in [-0.15, -0.1) is 11.3 Å². The molecule has 0 radical (unpaired) electrons. The Morgan fingerprint density at radius 3 is 2.85 bits per heavy atom. The molecule has 0 aliphatic heterocycles. The van der Waals surface area contributed by atoms with E-state index in [1.807, 2.05) is 36.6 Å². The largest absolute Gasteiger partial charge is 0.326 e. The Kier molecular flexibility index (Phi) is 5.85. The number of nitrogens with zero attached hydrogens (tertiary/aromatic N) is 2. The number of amides is 1.